The summed E-state index contributed by atoms with van der Waals surface area (Å²) in [6.07, 6.45) is 0. The summed E-state index contributed by atoms with van der Waals surface area (Å²) < 4.78 is 0. The average molecular weight is 152 g/mol. The van der Waals surface area contributed by atoms with E-state index in [4.69, 9.17) is 0 Å². The molecule has 0 aliphatic heterocycles. The van der Waals surface area contributed by atoms with Gasteiger partial charge in [0.2, 0.25) is 0 Å². The normalized spacial score (nSPS) is 9.73. The molecule has 60 valence electrons. The number of hydrogen-bond acceptors (Lipinski definition) is 1. The molecule has 1 heterocycles. The van der Waals surface area contributed by atoms with Crippen molar-refractivity contribution in [3.05, 3.63) is 23.0 Å². The van der Waals surface area contributed by atoms with Gasteiger partial charge in [-0.15, -0.1) is 0 Å². The van der Waals surface area contributed by atoms with Crippen molar-refractivity contribution in [3.8, 4) is 0 Å². The first kappa shape index (κ1) is 7.85. The fourth-order valence-corrected chi connectivity index (χ4v) is 0.918. The molecule has 11 heavy (non-hydrogen) atoms. The molecule has 0 saturated heterocycles. The molecule has 0 aromatic carbocycles. The third kappa shape index (κ3) is 1.42. The molecule has 0 saturated carbocycles. The molecule has 0 atom stereocenters. The number of aromatic nitrogens is 1. The highest BCUT2D eigenvalue weighted by Crippen LogP contribution is 2.07. The Kier molecular flexibility index (Phi) is 1.98. The minimum absolute atomic E-state index is 0.0683. The molecule has 1 amide bonds. The van der Waals surface area contributed by atoms with Gasteiger partial charge in [0.1, 0.15) is 5.69 Å². The summed E-state index contributed by atoms with van der Waals surface area (Å²) in [6, 6.07) is 1.84. The molecule has 0 aliphatic carbocycles. The summed E-state index contributed by atoms with van der Waals surface area (Å²) in [6.45, 7) is 3.92. The van der Waals surface area contributed by atoms with Gasteiger partial charge in [0.25, 0.3) is 5.91 Å². The van der Waals surface area contributed by atoms with Gasteiger partial charge in [-0.3, -0.25) is 4.79 Å². The number of H-pyrrole nitrogens is 1. The van der Waals surface area contributed by atoms with Gasteiger partial charge in [0.05, 0.1) is 0 Å². The molecule has 0 spiro atoms. The SMILES string of the molecule is CNC(=O)c1cc(C)c(C)[nH]1. The van der Waals surface area contributed by atoms with Crippen molar-refractivity contribution < 1.29 is 4.79 Å². The second-order valence-electron chi connectivity index (χ2n) is 2.57. The molecule has 0 aliphatic rings. The number of nitrogens with one attached hydrogen (secondary N) is 2. The Hall–Kier alpha value is -1.25. The van der Waals surface area contributed by atoms with Gasteiger partial charge >= 0.3 is 0 Å². The summed E-state index contributed by atoms with van der Waals surface area (Å²) in [5, 5.41) is 2.55. The molecule has 1 aromatic rings. The standard InChI is InChI=1S/C8H12N2O/c1-5-4-7(8(11)9-3)10-6(5)2/h4,10H,1-3H3,(H,9,11). The highest BCUT2D eigenvalue weighted by molar-refractivity contribution is 5.92. The lowest BCUT2D eigenvalue weighted by Gasteiger charge is -1.92. The number of carbonyl (C=O) groups excluding carboxylic acids is 1. The van der Waals surface area contributed by atoms with E-state index in [-0.39, 0.29) is 5.91 Å². The van der Waals surface area contributed by atoms with Gasteiger partial charge in [-0.2, -0.15) is 0 Å². The molecular formula is C8H12N2O. The van der Waals surface area contributed by atoms with E-state index in [1.807, 2.05) is 19.9 Å². The van der Waals surface area contributed by atoms with Gasteiger partial charge in [0, 0.05) is 12.7 Å². The molecule has 3 heteroatoms. The zero-order chi connectivity index (χ0) is 8.43. The van der Waals surface area contributed by atoms with Crippen LogP contribution in [0.3, 0.4) is 0 Å². The zero-order valence-electron chi connectivity index (χ0n) is 6.99. The molecule has 1 aromatic heterocycles. The number of carbonyl (C=O) groups is 1. The van der Waals surface area contributed by atoms with Gasteiger partial charge in [-0.05, 0) is 25.5 Å². The van der Waals surface area contributed by atoms with Crippen LogP contribution in [0.4, 0.5) is 0 Å². The van der Waals surface area contributed by atoms with E-state index in [2.05, 4.69) is 10.3 Å². The summed E-state index contributed by atoms with van der Waals surface area (Å²) in [5.74, 6) is -0.0683. The topological polar surface area (TPSA) is 44.9 Å². The summed E-state index contributed by atoms with van der Waals surface area (Å²) in [4.78, 5) is 14.0. The second-order valence-corrected chi connectivity index (χ2v) is 2.57. The predicted molar refractivity (Wildman–Crippen MR) is 43.7 cm³/mol. The van der Waals surface area contributed by atoms with Crippen LogP contribution in [0, 0.1) is 13.8 Å². The Balaban J connectivity index is 2.97. The van der Waals surface area contributed by atoms with Gasteiger partial charge in [0.15, 0.2) is 0 Å². The van der Waals surface area contributed by atoms with Crippen LogP contribution < -0.4 is 5.32 Å². The van der Waals surface area contributed by atoms with E-state index in [1.165, 1.54) is 0 Å². The monoisotopic (exact) mass is 152 g/mol. The molecule has 0 bridgehead atoms. The van der Waals surface area contributed by atoms with Gasteiger partial charge < -0.3 is 10.3 Å². The van der Waals surface area contributed by atoms with E-state index in [0.29, 0.717) is 5.69 Å². The molecule has 1 rings (SSSR count). The smallest absolute Gasteiger partial charge is 0.267 e. The number of amides is 1. The van der Waals surface area contributed by atoms with E-state index >= 15 is 0 Å². The summed E-state index contributed by atoms with van der Waals surface area (Å²) >= 11 is 0. The maximum Gasteiger partial charge on any atom is 0.267 e. The molecule has 2 N–H and O–H groups in total. The Morgan fingerprint density at radius 2 is 2.18 bits per heavy atom. The Bertz CT molecular complexity index is 256. The van der Waals surface area contributed by atoms with Crippen LogP contribution in [0.15, 0.2) is 6.07 Å². The highest BCUT2D eigenvalue weighted by atomic mass is 16.1. The first-order valence-electron chi connectivity index (χ1n) is 3.53. The molecule has 0 fully saturated rings. The largest absolute Gasteiger partial charge is 0.354 e. The average Bonchev–Trinajstić information content (AvgIpc) is 2.31. The van der Waals surface area contributed by atoms with Crippen molar-refractivity contribution in [1.29, 1.82) is 0 Å². The second kappa shape index (κ2) is 2.78. The fraction of sp³-hybridized carbons (Fsp3) is 0.375. The number of aryl methyl sites for hydroxylation is 2. The lowest BCUT2D eigenvalue weighted by molar-refractivity contribution is 0.0958. The van der Waals surface area contributed by atoms with Crippen LogP contribution in [0.1, 0.15) is 21.7 Å². The van der Waals surface area contributed by atoms with Crippen molar-refractivity contribution in [2.45, 2.75) is 13.8 Å². The minimum Gasteiger partial charge on any atom is -0.354 e. The molecule has 0 unspecified atom stereocenters. The Morgan fingerprint density at radius 3 is 2.55 bits per heavy atom. The quantitative estimate of drug-likeness (QED) is 0.619. The summed E-state index contributed by atoms with van der Waals surface area (Å²) in [5.41, 5.74) is 2.79. The Labute approximate surface area is 65.8 Å². The van der Waals surface area contributed by atoms with Crippen molar-refractivity contribution in [3.63, 3.8) is 0 Å². The third-order valence-corrected chi connectivity index (χ3v) is 1.75. The zero-order valence-corrected chi connectivity index (χ0v) is 6.99. The minimum atomic E-state index is -0.0683. The van der Waals surface area contributed by atoms with E-state index in [1.54, 1.807) is 7.05 Å². The number of rotatable bonds is 1. The molecular weight excluding hydrogens is 140 g/mol. The molecule has 0 radical (unpaired) electrons. The van der Waals surface area contributed by atoms with Crippen molar-refractivity contribution in [1.82, 2.24) is 10.3 Å². The maximum atomic E-state index is 11.0. The van der Waals surface area contributed by atoms with Crippen LogP contribution in [0.2, 0.25) is 0 Å². The predicted octanol–water partition coefficient (Wildman–Crippen LogP) is 0.991. The van der Waals surface area contributed by atoms with Crippen LogP contribution in [-0.4, -0.2) is 17.9 Å². The van der Waals surface area contributed by atoms with Crippen molar-refractivity contribution in [2.75, 3.05) is 7.05 Å². The van der Waals surface area contributed by atoms with Crippen LogP contribution in [0.25, 0.3) is 0 Å². The van der Waals surface area contributed by atoms with Crippen molar-refractivity contribution >= 4 is 5.91 Å². The van der Waals surface area contributed by atoms with Crippen LogP contribution in [-0.2, 0) is 0 Å². The lowest BCUT2D eigenvalue weighted by atomic mass is 10.3. The first-order valence-corrected chi connectivity index (χ1v) is 3.53. The fourth-order valence-electron chi connectivity index (χ4n) is 0.918. The number of aromatic amines is 1. The van der Waals surface area contributed by atoms with E-state index < -0.39 is 0 Å². The molecule has 3 nitrogen and oxygen atoms in total. The first-order chi connectivity index (χ1) is 5.15. The lowest BCUT2D eigenvalue weighted by Crippen LogP contribution is -2.17. The van der Waals surface area contributed by atoms with Crippen molar-refractivity contribution in [2.24, 2.45) is 0 Å². The number of hydrogen-bond donors (Lipinski definition) is 2. The van der Waals surface area contributed by atoms with Crippen LogP contribution >= 0.6 is 0 Å². The van der Waals surface area contributed by atoms with E-state index in [0.717, 1.165) is 11.3 Å². The summed E-state index contributed by atoms with van der Waals surface area (Å²) in [7, 11) is 1.62. The maximum absolute atomic E-state index is 11.0. The Morgan fingerprint density at radius 1 is 1.55 bits per heavy atom. The van der Waals surface area contributed by atoms with E-state index in [9.17, 15) is 4.79 Å². The van der Waals surface area contributed by atoms with Gasteiger partial charge in [-0.25, -0.2) is 0 Å². The van der Waals surface area contributed by atoms with Crippen LogP contribution in [0.5, 0.6) is 0 Å². The third-order valence-electron chi connectivity index (χ3n) is 1.75. The highest BCUT2D eigenvalue weighted by Gasteiger charge is 2.06. The van der Waals surface area contributed by atoms with Gasteiger partial charge in [-0.1, -0.05) is 0 Å².